The molecule has 0 atom stereocenters. The molecule has 2 aromatic carbocycles. The van der Waals surface area contributed by atoms with Gasteiger partial charge in [-0.05, 0) is 24.3 Å². The normalized spacial score (nSPS) is 11.2. The summed E-state index contributed by atoms with van der Waals surface area (Å²) in [5, 5.41) is 5.06. The number of carbonyl (C=O) groups excluding carboxylic acids is 1. The molecule has 4 aromatic rings. The fourth-order valence-corrected chi connectivity index (χ4v) is 3.29. The lowest BCUT2D eigenvalue weighted by atomic mass is 10.1. The number of aromatic nitrogens is 3. The molecule has 0 spiro atoms. The van der Waals surface area contributed by atoms with Crippen molar-refractivity contribution in [1.82, 2.24) is 19.6 Å². The summed E-state index contributed by atoms with van der Waals surface area (Å²) in [5.74, 6) is 0.908. The first-order valence-electron chi connectivity index (χ1n) is 9.14. The fourth-order valence-electron chi connectivity index (χ4n) is 3.29. The molecule has 0 saturated heterocycles. The van der Waals surface area contributed by atoms with E-state index in [2.05, 4.69) is 10.1 Å². The summed E-state index contributed by atoms with van der Waals surface area (Å²) in [6, 6.07) is 14.7. The minimum absolute atomic E-state index is 0.0267. The molecule has 28 heavy (non-hydrogen) atoms. The number of benzene rings is 2. The summed E-state index contributed by atoms with van der Waals surface area (Å²) in [6.45, 7) is 2.28. The van der Waals surface area contributed by atoms with E-state index in [-0.39, 0.29) is 24.4 Å². The number of aryl methyl sites for hydroxylation is 1. The second-order valence-corrected chi connectivity index (χ2v) is 6.66. The van der Waals surface area contributed by atoms with Crippen molar-refractivity contribution >= 4 is 27.7 Å². The van der Waals surface area contributed by atoms with Crippen molar-refractivity contribution in [3.63, 3.8) is 0 Å². The van der Waals surface area contributed by atoms with Gasteiger partial charge in [-0.1, -0.05) is 36.3 Å². The molecular weight excluding hydrogens is 356 g/mol. The van der Waals surface area contributed by atoms with Gasteiger partial charge in [-0.15, -0.1) is 0 Å². The minimum atomic E-state index is -0.116. The molecule has 7 heteroatoms. The van der Waals surface area contributed by atoms with Gasteiger partial charge in [-0.25, -0.2) is 0 Å². The number of hydrogen-bond acceptors (Lipinski definition) is 5. The highest BCUT2D eigenvalue weighted by atomic mass is 16.5. The maximum Gasteiger partial charge on any atom is 0.246 e. The molecule has 0 saturated carbocycles. The van der Waals surface area contributed by atoms with Gasteiger partial charge in [0.1, 0.15) is 6.54 Å². The zero-order valence-corrected chi connectivity index (χ0v) is 15.8. The molecule has 1 amide bonds. The van der Waals surface area contributed by atoms with Crippen LogP contribution in [0, 0.1) is 0 Å². The van der Waals surface area contributed by atoms with E-state index < -0.39 is 0 Å². The molecule has 0 aliphatic carbocycles. The predicted molar refractivity (Wildman–Crippen MR) is 106 cm³/mol. The standard InChI is InChI=1S/C21H20N4O3/c1-3-18-22-19(28-23-18)12-24(2)20(26)13-25-16-10-6-4-8-14(16)21(27)15-9-5-7-11-17(15)25/h4-11H,3,12-13H2,1-2H3. The number of hydrogen-bond donors (Lipinski definition) is 0. The number of rotatable bonds is 5. The van der Waals surface area contributed by atoms with Gasteiger partial charge in [0.2, 0.25) is 11.8 Å². The predicted octanol–water partition coefficient (Wildman–Crippen LogP) is 2.76. The summed E-state index contributed by atoms with van der Waals surface area (Å²) < 4.78 is 7.06. The van der Waals surface area contributed by atoms with Crippen LogP contribution in [0.4, 0.5) is 0 Å². The highest BCUT2D eigenvalue weighted by molar-refractivity contribution is 5.94. The van der Waals surface area contributed by atoms with Gasteiger partial charge in [0.15, 0.2) is 11.3 Å². The monoisotopic (exact) mass is 376 g/mol. The number of carbonyl (C=O) groups is 1. The van der Waals surface area contributed by atoms with Crippen LogP contribution in [0.15, 0.2) is 57.8 Å². The molecule has 4 rings (SSSR count). The number of pyridine rings is 1. The topological polar surface area (TPSA) is 81.2 Å². The van der Waals surface area contributed by atoms with Crippen LogP contribution >= 0.6 is 0 Å². The van der Waals surface area contributed by atoms with Gasteiger partial charge in [-0.2, -0.15) is 4.98 Å². The summed E-state index contributed by atoms with van der Waals surface area (Å²) in [4.78, 5) is 31.5. The Hall–Kier alpha value is -3.48. The number of nitrogens with zero attached hydrogens (tertiary/aromatic N) is 4. The average molecular weight is 376 g/mol. The van der Waals surface area contributed by atoms with E-state index in [0.29, 0.717) is 28.9 Å². The Morgan fingerprint density at radius 2 is 1.68 bits per heavy atom. The summed E-state index contributed by atoms with van der Waals surface area (Å²) >= 11 is 0. The lowest BCUT2D eigenvalue weighted by Gasteiger charge is -2.19. The Labute approximate surface area is 161 Å². The highest BCUT2D eigenvalue weighted by Crippen LogP contribution is 2.19. The van der Waals surface area contributed by atoms with Gasteiger partial charge in [-0.3, -0.25) is 9.59 Å². The summed E-state index contributed by atoms with van der Waals surface area (Å²) in [5.41, 5.74) is 1.44. The molecule has 0 bridgehead atoms. The second kappa shape index (κ2) is 7.26. The van der Waals surface area contributed by atoms with Crippen LogP contribution in [0.1, 0.15) is 18.6 Å². The number of likely N-dealkylation sites (N-methyl/N-ethyl adjacent to an activating group) is 1. The molecule has 0 fully saturated rings. The summed E-state index contributed by atoms with van der Waals surface area (Å²) in [7, 11) is 1.70. The summed E-state index contributed by atoms with van der Waals surface area (Å²) in [6.07, 6.45) is 0.677. The smallest absolute Gasteiger partial charge is 0.246 e. The van der Waals surface area contributed by atoms with Gasteiger partial charge < -0.3 is 14.0 Å². The van der Waals surface area contributed by atoms with Crippen molar-refractivity contribution in [3.8, 4) is 0 Å². The van der Waals surface area contributed by atoms with Crippen molar-refractivity contribution in [1.29, 1.82) is 0 Å². The van der Waals surface area contributed by atoms with Crippen LogP contribution in [-0.4, -0.2) is 32.6 Å². The molecule has 0 aliphatic rings. The zero-order chi connectivity index (χ0) is 19.7. The van der Waals surface area contributed by atoms with E-state index in [9.17, 15) is 9.59 Å². The fraction of sp³-hybridized carbons (Fsp3) is 0.238. The second-order valence-electron chi connectivity index (χ2n) is 6.66. The SMILES string of the molecule is CCc1noc(CN(C)C(=O)Cn2c3ccccc3c(=O)c3ccccc32)n1. The van der Waals surface area contributed by atoms with Crippen LogP contribution in [0.3, 0.4) is 0 Å². The van der Waals surface area contributed by atoms with Crippen molar-refractivity contribution in [2.45, 2.75) is 26.4 Å². The molecule has 0 N–H and O–H groups in total. The Kier molecular flexibility index (Phi) is 4.65. The van der Waals surface area contributed by atoms with Gasteiger partial charge in [0.25, 0.3) is 0 Å². The first-order chi connectivity index (χ1) is 13.6. The molecule has 142 valence electrons. The Bertz CT molecular complexity index is 1170. The van der Waals surface area contributed by atoms with Crippen molar-refractivity contribution in [2.24, 2.45) is 0 Å². The third-order valence-corrected chi connectivity index (χ3v) is 4.80. The maximum atomic E-state index is 12.9. The molecular formula is C21H20N4O3. The van der Waals surface area contributed by atoms with Crippen LogP contribution < -0.4 is 5.43 Å². The Balaban J connectivity index is 1.71. The molecule has 2 heterocycles. The van der Waals surface area contributed by atoms with Gasteiger partial charge in [0.05, 0.1) is 17.6 Å². The molecule has 0 aliphatic heterocycles. The van der Waals surface area contributed by atoms with E-state index in [4.69, 9.17) is 4.52 Å². The van der Waals surface area contributed by atoms with Crippen LogP contribution in [0.5, 0.6) is 0 Å². The minimum Gasteiger partial charge on any atom is -0.337 e. The molecule has 7 nitrogen and oxygen atoms in total. The molecule has 2 aromatic heterocycles. The third kappa shape index (κ3) is 3.15. The van der Waals surface area contributed by atoms with Crippen LogP contribution in [0.25, 0.3) is 21.8 Å². The lowest BCUT2D eigenvalue weighted by molar-refractivity contribution is -0.131. The van der Waals surface area contributed by atoms with Gasteiger partial charge in [0, 0.05) is 24.2 Å². The van der Waals surface area contributed by atoms with Crippen molar-refractivity contribution in [3.05, 3.63) is 70.5 Å². The molecule has 0 radical (unpaired) electrons. The quantitative estimate of drug-likeness (QED) is 0.500. The number of fused-ring (bicyclic) bond motifs is 2. The van der Waals surface area contributed by atoms with E-state index in [1.54, 1.807) is 24.1 Å². The van der Waals surface area contributed by atoms with Crippen LogP contribution in [-0.2, 0) is 24.3 Å². The Morgan fingerprint density at radius 3 is 2.25 bits per heavy atom. The van der Waals surface area contributed by atoms with Crippen LogP contribution in [0.2, 0.25) is 0 Å². The Morgan fingerprint density at radius 1 is 1.07 bits per heavy atom. The average Bonchev–Trinajstić information content (AvgIpc) is 3.18. The maximum absolute atomic E-state index is 12.9. The third-order valence-electron chi connectivity index (χ3n) is 4.80. The zero-order valence-electron chi connectivity index (χ0n) is 15.8. The molecule has 0 unspecified atom stereocenters. The first kappa shape index (κ1) is 17.9. The van der Waals surface area contributed by atoms with E-state index in [1.165, 1.54) is 0 Å². The van der Waals surface area contributed by atoms with Crippen molar-refractivity contribution < 1.29 is 9.32 Å². The van der Waals surface area contributed by atoms with E-state index in [1.807, 2.05) is 47.9 Å². The first-order valence-corrected chi connectivity index (χ1v) is 9.14. The number of para-hydroxylation sites is 2. The lowest BCUT2D eigenvalue weighted by Crippen LogP contribution is -2.30. The van der Waals surface area contributed by atoms with E-state index in [0.717, 1.165) is 11.0 Å². The van der Waals surface area contributed by atoms with Crippen molar-refractivity contribution in [2.75, 3.05) is 7.05 Å². The largest absolute Gasteiger partial charge is 0.337 e. The number of amides is 1. The van der Waals surface area contributed by atoms with Gasteiger partial charge >= 0.3 is 0 Å². The highest BCUT2D eigenvalue weighted by Gasteiger charge is 2.17. The van der Waals surface area contributed by atoms with E-state index >= 15 is 0 Å².